The van der Waals surface area contributed by atoms with E-state index in [1.54, 1.807) is 0 Å². The van der Waals surface area contributed by atoms with E-state index in [0.29, 0.717) is 6.61 Å². The van der Waals surface area contributed by atoms with Gasteiger partial charge in [-0.1, -0.05) is 20.8 Å². The van der Waals surface area contributed by atoms with E-state index < -0.39 is 0 Å². The van der Waals surface area contributed by atoms with Crippen LogP contribution in [0.15, 0.2) is 0 Å². The highest BCUT2D eigenvalue weighted by atomic mass is 16.6. The van der Waals surface area contributed by atoms with Crippen LogP contribution in [0, 0.1) is 5.92 Å². The lowest BCUT2D eigenvalue weighted by atomic mass is 10.0. The van der Waals surface area contributed by atoms with Crippen molar-refractivity contribution in [3.05, 3.63) is 0 Å². The molecule has 1 aliphatic heterocycles. The number of amides is 1. The summed E-state index contributed by atoms with van der Waals surface area (Å²) in [7, 11) is 0. The fourth-order valence-corrected chi connectivity index (χ4v) is 1.66. The Hall–Kier alpha value is -0.730. The molecule has 0 aromatic carbocycles. The Morgan fingerprint density at radius 3 is 2.60 bits per heavy atom. The molecule has 1 heterocycles. The molecule has 1 unspecified atom stereocenters. The van der Waals surface area contributed by atoms with Crippen LogP contribution in [-0.4, -0.2) is 30.7 Å². The maximum Gasteiger partial charge on any atom is 0.409 e. The summed E-state index contributed by atoms with van der Waals surface area (Å²) < 4.78 is 4.96. The molecule has 1 amide bonds. The lowest BCUT2D eigenvalue weighted by Crippen LogP contribution is -2.32. The van der Waals surface area contributed by atoms with Crippen molar-refractivity contribution in [1.82, 2.24) is 4.90 Å². The summed E-state index contributed by atoms with van der Waals surface area (Å²) in [6, 6.07) is 0. The molecule has 1 aliphatic rings. The van der Waals surface area contributed by atoms with Gasteiger partial charge < -0.3 is 9.64 Å². The maximum absolute atomic E-state index is 11.4. The van der Waals surface area contributed by atoms with Crippen molar-refractivity contribution < 1.29 is 9.53 Å². The van der Waals surface area contributed by atoms with Gasteiger partial charge in [-0.05, 0) is 32.1 Å². The van der Waals surface area contributed by atoms with E-state index in [2.05, 4.69) is 6.92 Å². The molecule has 0 radical (unpaired) electrons. The van der Waals surface area contributed by atoms with Crippen molar-refractivity contribution in [2.24, 2.45) is 5.92 Å². The Labute approximate surface area is 93.8 Å². The van der Waals surface area contributed by atoms with Crippen molar-refractivity contribution in [3.8, 4) is 0 Å². The lowest BCUT2D eigenvalue weighted by molar-refractivity contribution is 0.108. The predicted molar refractivity (Wildman–Crippen MR) is 63.0 cm³/mol. The first-order valence-corrected chi connectivity index (χ1v) is 6.15. The van der Waals surface area contributed by atoms with Crippen LogP contribution in [0.2, 0.25) is 0 Å². The van der Waals surface area contributed by atoms with Crippen molar-refractivity contribution in [1.29, 1.82) is 0 Å². The molecule has 1 atom stereocenters. The molecule has 1 saturated heterocycles. The van der Waals surface area contributed by atoms with Crippen LogP contribution >= 0.6 is 0 Å². The van der Waals surface area contributed by atoms with Gasteiger partial charge in [0, 0.05) is 13.1 Å². The van der Waals surface area contributed by atoms with Crippen LogP contribution in [0.3, 0.4) is 0 Å². The van der Waals surface area contributed by atoms with Gasteiger partial charge in [0.2, 0.25) is 0 Å². The highest BCUT2D eigenvalue weighted by Gasteiger charge is 2.18. The fourth-order valence-electron chi connectivity index (χ4n) is 1.66. The first kappa shape index (κ1) is 14.3. The molecule has 0 aliphatic carbocycles. The minimum absolute atomic E-state index is 0.142. The van der Waals surface area contributed by atoms with Crippen LogP contribution in [0.25, 0.3) is 0 Å². The second-order valence-corrected chi connectivity index (χ2v) is 3.72. The van der Waals surface area contributed by atoms with Gasteiger partial charge in [-0.25, -0.2) is 4.79 Å². The maximum atomic E-state index is 11.4. The van der Waals surface area contributed by atoms with E-state index in [4.69, 9.17) is 4.74 Å². The van der Waals surface area contributed by atoms with Crippen LogP contribution in [0.4, 0.5) is 4.79 Å². The van der Waals surface area contributed by atoms with Crippen LogP contribution in [0.5, 0.6) is 0 Å². The van der Waals surface area contributed by atoms with Gasteiger partial charge >= 0.3 is 6.09 Å². The van der Waals surface area contributed by atoms with Crippen molar-refractivity contribution >= 4 is 6.09 Å². The molecule has 15 heavy (non-hydrogen) atoms. The first-order chi connectivity index (χ1) is 7.24. The topological polar surface area (TPSA) is 29.5 Å². The number of nitrogens with zero attached hydrogens (tertiary/aromatic N) is 1. The van der Waals surface area contributed by atoms with Crippen molar-refractivity contribution in [2.75, 3.05) is 19.7 Å². The van der Waals surface area contributed by atoms with E-state index in [-0.39, 0.29) is 6.09 Å². The molecule has 1 fully saturated rings. The fraction of sp³-hybridized carbons (Fsp3) is 0.917. The number of carbonyl (C=O) groups is 1. The Bertz CT molecular complexity index is 171. The number of hydrogen-bond acceptors (Lipinski definition) is 2. The third-order valence-electron chi connectivity index (χ3n) is 2.54. The number of carbonyl (C=O) groups excluding carboxylic acids is 1. The molecule has 0 aromatic rings. The Morgan fingerprint density at radius 2 is 2.00 bits per heavy atom. The third-order valence-corrected chi connectivity index (χ3v) is 2.54. The van der Waals surface area contributed by atoms with Gasteiger partial charge in [0.1, 0.15) is 0 Å². The summed E-state index contributed by atoms with van der Waals surface area (Å²) in [5.74, 6) is 0.749. The van der Waals surface area contributed by atoms with Gasteiger partial charge in [-0.3, -0.25) is 0 Å². The summed E-state index contributed by atoms with van der Waals surface area (Å²) in [5.41, 5.74) is 0. The number of rotatable bonds is 1. The summed E-state index contributed by atoms with van der Waals surface area (Å²) in [4.78, 5) is 13.2. The summed E-state index contributed by atoms with van der Waals surface area (Å²) >= 11 is 0. The molecule has 0 N–H and O–H groups in total. The summed E-state index contributed by atoms with van der Waals surface area (Å²) in [5, 5.41) is 0. The zero-order valence-electron chi connectivity index (χ0n) is 10.6. The predicted octanol–water partition coefficient (Wildman–Crippen LogP) is 3.29. The minimum Gasteiger partial charge on any atom is -0.450 e. The molecular formula is C12H25NO2. The highest BCUT2D eigenvalue weighted by molar-refractivity contribution is 5.67. The van der Waals surface area contributed by atoms with Gasteiger partial charge in [-0.2, -0.15) is 0 Å². The Morgan fingerprint density at radius 1 is 1.33 bits per heavy atom. The minimum atomic E-state index is -0.142. The molecular weight excluding hydrogens is 190 g/mol. The van der Waals surface area contributed by atoms with Gasteiger partial charge in [-0.15, -0.1) is 0 Å². The molecule has 0 saturated carbocycles. The quantitative estimate of drug-likeness (QED) is 0.671. The second kappa shape index (κ2) is 8.57. The third kappa shape index (κ3) is 5.65. The number of hydrogen-bond donors (Lipinski definition) is 0. The zero-order chi connectivity index (χ0) is 11.7. The molecule has 0 aromatic heterocycles. The molecule has 3 nitrogen and oxygen atoms in total. The Kier molecular flexibility index (Phi) is 8.15. The average molecular weight is 215 g/mol. The van der Waals surface area contributed by atoms with Crippen LogP contribution in [-0.2, 0) is 4.74 Å². The van der Waals surface area contributed by atoms with E-state index in [0.717, 1.165) is 31.8 Å². The largest absolute Gasteiger partial charge is 0.450 e. The normalized spacial score (nSPS) is 21.1. The molecule has 0 spiro atoms. The zero-order valence-corrected chi connectivity index (χ0v) is 10.6. The molecule has 3 heteroatoms. The van der Waals surface area contributed by atoms with Gasteiger partial charge in [0.05, 0.1) is 6.61 Å². The van der Waals surface area contributed by atoms with Gasteiger partial charge in [0.25, 0.3) is 0 Å². The number of ether oxygens (including phenoxy) is 1. The van der Waals surface area contributed by atoms with Crippen LogP contribution in [0.1, 0.15) is 47.0 Å². The second-order valence-electron chi connectivity index (χ2n) is 3.72. The van der Waals surface area contributed by atoms with E-state index in [1.807, 2.05) is 25.7 Å². The molecule has 0 bridgehead atoms. The lowest BCUT2D eigenvalue weighted by Gasteiger charge is -2.19. The van der Waals surface area contributed by atoms with E-state index >= 15 is 0 Å². The van der Waals surface area contributed by atoms with E-state index in [1.165, 1.54) is 6.42 Å². The summed E-state index contributed by atoms with van der Waals surface area (Å²) in [6.07, 6.45) is 3.31. The molecule has 90 valence electrons. The monoisotopic (exact) mass is 215 g/mol. The van der Waals surface area contributed by atoms with Gasteiger partial charge in [0.15, 0.2) is 0 Å². The average Bonchev–Trinajstić information content (AvgIpc) is 2.46. The summed E-state index contributed by atoms with van der Waals surface area (Å²) in [6.45, 7) is 10.3. The highest BCUT2D eigenvalue weighted by Crippen LogP contribution is 2.16. The SMILES string of the molecule is CC.CCOC(=O)N1CCCC(C)CC1. The van der Waals surface area contributed by atoms with Crippen molar-refractivity contribution in [3.63, 3.8) is 0 Å². The van der Waals surface area contributed by atoms with E-state index in [9.17, 15) is 4.79 Å². The standard InChI is InChI=1S/C10H19NO2.C2H6/c1-3-13-10(12)11-7-4-5-9(2)6-8-11;1-2/h9H,3-8H2,1-2H3;1-2H3. The van der Waals surface area contributed by atoms with Crippen molar-refractivity contribution in [2.45, 2.75) is 47.0 Å². The first-order valence-electron chi connectivity index (χ1n) is 6.15. The smallest absolute Gasteiger partial charge is 0.409 e. The molecule has 1 rings (SSSR count). The number of likely N-dealkylation sites (tertiary alicyclic amines) is 1. The van der Waals surface area contributed by atoms with Crippen LogP contribution < -0.4 is 0 Å². The Balaban J connectivity index is 0.000000921.